The zero-order valence-corrected chi connectivity index (χ0v) is 11.6. The smallest absolute Gasteiger partial charge is 0.240 e. The second-order valence-corrected chi connectivity index (χ2v) is 6.20. The number of carbonyl (C=O) groups excluding carboxylic acids is 1. The van der Waals surface area contributed by atoms with Gasteiger partial charge in [-0.25, -0.2) is 0 Å². The quantitative estimate of drug-likeness (QED) is 0.907. The van der Waals surface area contributed by atoms with Gasteiger partial charge in [-0.2, -0.15) is 16.6 Å². The van der Waals surface area contributed by atoms with Gasteiger partial charge < -0.3 is 5.32 Å². The van der Waals surface area contributed by atoms with Crippen LogP contribution >= 0.6 is 11.3 Å². The number of nitriles is 1. The molecule has 1 aromatic rings. The van der Waals surface area contributed by atoms with Crippen LogP contribution in [0.3, 0.4) is 0 Å². The van der Waals surface area contributed by atoms with Crippen molar-refractivity contribution in [3.8, 4) is 6.07 Å². The van der Waals surface area contributed by atoms with E-state index in [1.165, 1.54) is 5.56 Å². The second kappa shape index (κ2) is 5.11. The molecule has 0 aromatic carbocycles. The first kappa shape index (κ1) is 13.1. The molecule has 1 heterocycles. The Hall–Kier alpha value is -1.34. The summed E-state index contributed by atoms with van der Waals surface area (Å²) in [5, 5.41) is 16.3. The molecule has 1 unspecified atom stereocenters. The molecule has 0 spiro atoms. The normalized spacial score (nSPS) is 27.9. The number of nitrogens with zero attached hydrogens (tertiary/aromatic N) is 1. The predicted octanol–water partition coefficient (Wildman–Crippen LogP) is 2.74. The number of rotatable bonds is 4. The lowest BCUT2D eigenvalue weighted by atomic mass is 9.63. The molecule has 1 atom stereocenters. The number of hydrogen-bond donors (Lipinski definition) is 1. The molecule has 1 N–H and O–H groups in total. The molecule has 0 radical (unpaired) electrons. The maximum Gasteiger partial charge on any atom is 0.240 e. The van der Waals surface area contributed by atoms with E-state index >= 15 is 0 Å². The molecule has 1 aliphatic carbocycles. The Labute approximate surface area is 112 Å². The van der Waals surface area contributed by atoms with E-state index in [1.54, 1.807) is 11.3 Å². The van der Waals surface area contributed by atoms with Crippen LogP contribution in [0.1, 0.15) is 32.3 Å². The summed E-state index contributed by atoms with van der Waals surface area (Å²) in [4.78, 5) is 12.1. The van der Waals surface area contributed by atoms with Crippen molar-refractivity contribution in [1.82, 2.24) is 5.32 Å². The third-order valence-electron chi connectivity index (χ3n) is 3.54. The molecule has 1 aromatic heterocycles. The molecule has 4 heteroatoms. The van der Waals surface area contributed by atoms with Crippen LogP contribution in [-0.2, 0) is 11.2 Å². The zero-order chi connectivity index (χ0) is 13.2. The molecule has 3 nitrogen and oxygen atoms in total. The maximum atomic E-state index is 12.1. The van der Waals surface area contributed by atoms with Gasteiger partial charge >= 0.3 is 0 Å². The SMILES string of the molecule is CC1CC(C#N)(C(=O)NC(C)Cc2ccsc2)C1. The fourth-order valence-corrected chi connectivity index (χ4v) is 3.31. The lowest BCUT2D eigenvalue weighted by Gasteiger charge is -2.39. The third-order valence-corrected chi connectivity index (χ3v) is 4.27. The monoisotopic (exact) mass is 262 g/mol. The van der Waals surface area contributed by atoms with Crippen LogP contribution in [0.25, 0.3) is 0 Å². The highest BCUT2D eigenvalue weighted by molar-refractivity contribution is 7.07. The Morgan fingerprint density at radius 1 is 1.72 bits per heavy atom. The largest absolute Gasteiger partial charge is 0.352 e. The van der Waals surface area contributed by atoms with Gasteiger partial charge in [-0.05, 0) is 54.5 Å². The molecule has 0 aliphatic heterocycles. The second-order valence-electron chi connectivity index (χ2n) is 5.42. The van der Waals surface area contributed by atoms with Crippen LogP contribution in [0.4, 0.5) is 0 Å². The summed E-state index contributed by atoms with van der Waals surface area (Å²) < 4.78 is 0. The van der Waals surface area contributed by atoms with Crippen molar-refractivity contribution < 1.29 is 4.79 Å². The molecular weight excluding hydrogens is 244 g/mol. The lowest BCUT2D eigenvalue weighted by molar-refractivity contribution is -0.134. The summed E-state index contributed by atoms with van der Waals surface area (Å²) >= 11 is 1.66. The van der Waals surface area contributed by atoms with Crippen molar-refractivity contribution in [1.29, 1.82) is 5.26 Å². The van der Waals surface area contributed by atoms with Gasteiger partial charge in [-0.3, -0.25) is 4.79 Å². The van der Waals surface area contributed by atoms with Crippen LogP contribution in [0.5, 0.6) is 0 Å². The predicted molar refractivity (Wildman–Crippen MR) is 72.1 cm³/mol. The topological polar surface area (TPSA) is 52.9 Å². The Morgan fingerprint density at radius 3 is 2.94 bits per heavy atom. The summed E-state index contributed by atoms with van der Waals surface area (Å²) in [6, 6.07) is 4.34. The highest BCUT2D eigenvalue weighted by atomic mass is 32.1. The molecule has 1 aliphatic rings. The molecule has 1 fully saturated rings. The highest BCUT2D eigenvalue weighted by Gasteiger charge is 2.49. The first-order valence-electron chi connectivity index (χ1n) is 6.29. The highest BCUT2D eigenvalue weighted by Crippen LogP contribution is 2.45. The van der Waals surface area contributed by atoms with Gasteiger partial charge in [0.2, 0.25) is 5.91 Å². The Bertz CT molecular complexity index is 455. The standard InChI is InChI=1S/C14H18N2OS/c1-10-6-14(7-10,9-15)13(17)16-11(2)5-12-3-4-18-8-12/h3-4,8,10-11H,5-7H2,1-2H3,(H,16,17). The van der Waals surface area contributed by atoms with E-state index in [-0.39, 0.29) is 11.9 Å². The number of nitrogens with one attached hydrogen (secondary N) is 1. The van der Waals surface area contributed by atoms with E-state index in [0.29, 0.717) is 18.8 Å². The molecule has 0 bridgehead atoms. The number of hydrogen-bond acceptors (Lipinski definition) is 3. The van der Waals surface area contributed by atoms with E-state index in [0.717, 1.165) is 6.42 Å². The third kappa shape index (κ3) is 2.56. The summed E-state index contributed by atoms with van der Waals surface area (Å²) in [5.41, 5.74) is 0.475. The average Bonchev–Trinajstić information content (AvgIpc) is 2.76. The summed E-state index contributed by atoms with van der Waals surface area (Å²) in [6.45, 7) is 4.07. The molecular formula is C14H18N2OS. The van der Waals surface area contributed by atoms with Crippen LogP contribution < -0.4 is 5.32 Å². The van der Waals surface area contributed by atoms with E-state index in [1.807, 2.05) is 12.3 Å². The molecule has 96 valence electrons. The number of carbonyl (C=O) groups is 1. The van der Waals surface area contributed by atoms with Crippen molar-refractivity contribution in [3.63, 3.8) is 0 Å². The average molecular weight is 262 g/mol. The summed E-state index contributed by atoms with van der Waals surface area (Å²) in [5.74, 6) is 0.397. The number of amides is 1. The molecule has 18 heavy (non-hydrogen) atoms. The Kier molecular flexibility index (Phi) is 3.72. The van der Waals surface area contributed by atoms with Gasteiger partial charge in [0.1, 0.15) is 5.41 Å². The molecule has 0 saturated heterocycles. The number of thiophene rings is 1. The maximum absolute atomic E-state index is 12.1. The van der Waals surface area contributed by atoms with Crippen LogP contribution in [0.2, 0.25) is 0 Å². The van der Waals surface area contributed by atoms with E-state index in [9.17, 15) is 10.1 Å². The van der Waals surface area contributed by atoms with Gasteiger partial charge in [-0.1, -0.05) is 6.92 Å². The zero-order valence-electron chi connectivity index (χ0n) is 10.8. The van der Waals surface area contributed by atoms with Crippen LogP contribution in [0.15, 0.2) is 16.8 Å². The van der Waals surface area contributed by atoms with Gasteiger partial charge in [0.05, 0.1) is 6.07 Å². The van der Waals surface area contributed by atoms with Crippen molar-refractivity contribution in [2.75, 3.05) is 0 Å². The first-order chi connectivity index (χ1) is 8.55. The van der Waals surface area contributed by atoms with E-state index < -0.39 is 5.41 Å². The van der Waals surface area contributed by atoms with E-state index in [4.69, 9.17) is 0 Å². The van der Waals surface area contributed by atoms with E-state index in [2.05, 4.69) is 29.8 Å². The fraction of sp³-hybridized carbons (Fsp3) is 0.571. The van der Waals surface area contributed by atoms with Crippen LogP contribution in [-0.4, -0.2) is 11.9 Å². The van der Waals surface area contributed by atoms with Crippen molar-refractivity contribution in [2.45, 2.75) is 39.2 Å². The van der Waals surface area contributed by atoms with Gasteiger partial charge in [0.25, 0.3) is 0 Å². The van der Waals surface area contributed by atoms with Crippen molar-refractivity contribution >= 4 is 17.2 Å². The van der Waals surface area contributed by atoms with Gasteiger partial charge in [0.15, 0.2) is 0 Å². The molecule has 1 saturated carbocycles. The Balaban J connectivity index is 1.89. The minimum atomic E-state index is -0.762. The van der Waals surface area contributed by atoms with Gasteiger partial charge in [0, 0.05) is 6.04 Å². The summed E-state index contributed by atoms with van der Waals surface area (Å²) in [6.07, 6.45) is 2.22. The summed E-state index contributed by atoms with van der Waals surface area (Å²) in [7, 11) is 0. The van der Waals surface area contributed by atoms with Crippen molar-refractivity contribution in [2.24, 2.45) is 11.3 Å². The Morgan fingerprint density at radius 2 is 2.44 bits per heavy atom. The van der Waals surface area contributed by atoms with Crippen molar-refractivity contribution in [3.05, 3.63) is 22.4 Å². The van der Waals surface area contributed by atoms with Gasteiger partial charge in [-0.15, -0.1) is 0 Å². The molecule has 1 amide bonds. The minimum Gasteiger partial charge on any atom is -0.352 e. The van der Waals surface area contributed by atoms with Crippen LogP contribution in [0, 0.1) is 22.7 Å². The first-order valence-corrected chi connectivity index (χ1v) is 7.23. The lowest BCUT2D eigenvalue weighted by Crippen LogP contribution is -2.50. The fourth-order valence-electron chi connectivity index (χ4n) is 2.63. The molecule has 2 rings (SSSR count). The minimum absolute atomic E-state index is 0.0771.